The average Bonchev–Trinajstić information content (AvgIpc) is 3.60. The number of aromatic nitrogens is 5. The van der Waals surface area contributed by atoms with Crippen LogP contribution in [0.5, 0.6) is 0 Å². The molecule has 8 heteroatoms. The van der Waals surface area contributed by atoms with Crippen molar-refractivity contribution in [2.75, 3.05) is 20.2 Å². The number of para-hydroxylation sites is 1. The van der Waals surface area contributed by atoms with E-state index in [2.05, 4.69) is 45.7 Å². The van der Waals surface area contributed by atoms with Gasteiger partial charge < -0.3 is 4.74 Å². The number of carbonyl (C=O) groups excluding carboxylic acids is 1. The van der Waals surface area contributed by atoms with Gasteiger partial charge in [0.15, 0.2) is 5.69 Å². The molecular weight excluding hydrogens is 404 g/mol. The molecule has 1 aliphatic heterocycles. The number of esters is 1. The van der Waals surface area contributed by atoms with Crippen LogP contribution < -0.4 is 0 Å². The highest BCUT2D eigenvalue weighted by Gasteiger charge is 2.27. The van der Waals surface area contributed by atoms with Gasteiger partial charge in [0, 0.05) is 37.0 Å². The third-order valence-corrected chi connectivity index (χ3v) is 5.78. The van der Waals surface area contributed by atoms with Crippen molar-refractivity contribution in [2.45, 2.75) is 19.0 Å². The number of likely N-dealkylation sites (tertiary alicyclic amines) is 1. The standard InChI is InChI=1S/C24H24N6O2/c1-32-24(31)22-17-30(27-25-22)21-12-13-28(16-21)14-19-15-29(20-10-6-3-7-11-20)26-23(19)18-8-4-2-5-9-18/h2-11,15,17,21H,12-14,16H2,1H3/t21-/m0/s1. The molecule has 0 amide bonds. The third-order valence-electron chi connectivity index (χ3n) is 5.78. The summed E-state index contributed by atoms with van der Waals surface area (Å²) >= 11 is 0. The maximum atomic E-state index is 11.7. The molecule has 2 aromatic heterocycles. The van der Waals surface area contributed by atoms with Crippen molar-refractivity contribution in [2.24, 2.45) is 0 Å². The molecule has 1 aliphatic rings. The minimum atomic E-state index is -0.466. The molecule has 1 atom stereocenters. The van der Waals surface area contributed by atoms with E-state index in [1.54, 1.807) is 10.9 Å². The predicted molar refractivity (Wildman–Crippen MR) is 119 cm³/mol. The molecule has 32 heavy (non-hydrogen) atoms. The SMILES string of the molecule is COC(=O)c1cn([C@H]2CCN(Cc3cn(-c4ccccc4)nc3-c3ccccc3)C2)nn1. The smallest absolute Gasteiger partial charge is 0.360 e. The number of carbonyl (C=O) groups is 1. The number of methoxy groups -OCH3 is 1. The van der Waals surface area contributed by atoms with Crippen molar-refractivity contribution in [3.05, 3.63) is 84.3 Å². The molecule has 0 radical (unpaired) electrons. The lowest BCUT2D eigenvalue weighted by Gasteiger charge is -2.16. The quantitative estimate of drug-likeness (QED) is 0.438. The third kappa shape index (κ3) is 4.04. The van der Waals surface area contributed by atoms with Crippen molar-refractivity contribution >= 4 is 5.97 Å². The molecule has 162 valence electrons. The lowest BCUT2D eigenvalue weighted by Crippen LogP contribution is -2.21. The molecule has 0 unspecified atom stereocenters. The predicted octanol–water partition coefficient (Wildman–Crippen LogP) is 3.36. The Morgan fingerprint density at radius 2 is 1.81 bits per heavy atom. The molecule has 0 aliphatic carbocycles. The van der Waals surface area contributed by atoms with Gasteiger partial charge in [0.25, 0.3) is 0 Å². The van der Waals surface area contributed by atoms with Gasteiger partial charge in [-0.05, 0) is 18.6 Å². The van der Waals surface area contributed by atoms with E-state index in [0.29, 0.717) is 0 Å². The maximum absolute atomic E-state index is 11.7. The Balaban J connectivity index is 1.37. The van der Waals surface area contributed by atoms with E-state index >= 15 is 0 Å². The number of hydrogen-bond donors (Lipinski definition) is 0. The summed E-state index contributed by atoms with van der Waals surface area (Å²) in [4.78, 5) is 14.1. The Morgan fingerprint density at radius 1 is 1.06 bits per heavy atom. The molecule has 0 N–H and O–H groups in total. The Morgan fingerprint density at radius 3 is 2.56 bits per heavy atom. The molecule has 2 aromatic carbocycles. The summed E-state index contributed by atoms with van der Waals surface area (Å²) in [5.41, 5.74) is 4.54. The highest BCUT2D eigenvalue weighted by atomic mass is 16.5. The summed E-state index contributed by atoms with van der Waals surface area (Å²) in [5.74, 6) is -0.466. The number of ether oxygens (including phenoxy) is 1. The van der Waals surface area contributed by atoms with Crippen molar-refractivity contribution in [1.82, 2.24) is 29.7 Å². The van der Waals surface area contributed by atoms with Gasteiger partial charge in [-0.2, -0.15) is 5.10 Å². The zero-order chi connectivity index (χ0) is 21.9. The van der Waals surface area contributed by atoms with Crippen LogP contribution >= 0.6 is 0 Å². The van der Waals surface area contributed by atoms with Crippen LogP contribution in [0.3, 0.4) is 0 Å². The Kier molecular flexibility index (Phi) is 5.51. The van der Waals surface area contributed by atoms with Gasteiger partial charge in [-0.15, -0.1) is 5.10 Å². The van der Waals surface area contributed by atoms with Crippen LogP contribution in [0.1, 0.15) is 28.5 Å². The van der Waals surface area contributed by atoms with Gasteiger partial charge in [-0.3, -0.25) is 4.90 Å². The first kappa shape index (κ1) is 20.1. The second-order valence-electron chi connectivity index (χ2n) is 7.90. The van der Waals surface area contributed by atoms with E-state index in [4.69, 9.17) is 9.84 Å². The fourth-order valence-corrected chi connectivity index (χ4v) is 4.14. The van der Waals surface area contributed by atoms with Crippen LogP contribution in [0, 0.1) is 0 Å². The van der Waals surface area contributed by atoms with Crippen LogP contribution in [-0.4, -0.2) is 55.8 Å². The molecule has 0 saturated carbocycles. The van der Waals surface area contributed by atoms with E-state index < -0.39 is 5.97 Å². The average molecular weight is 428 g/mol. The highest BCUT2D eigenvalue weighted by Crippen LogP contribution is 2.28. The Bertz CT molecular complexity index is 1200. The van der Waals surface area contributed by atoms with Crippen LogP contribution in [0.2, 0.25) is 0 Å². The Labute approximate surface area is 186 Å². The molecular formula is C24H24N6O2. The molecule has 3 heterocycles. The molecule has 0 spiro atoms. The monoisotopic (exact) mass is 428 g/mol. The number of hydrogen-bond acceptors (Lipinski definition) is 6. The van der Waals surface area contributed by atoms with Crippen LogP contribution in [0.15, 0.2) is 73.1 Å². The fraction of sp³-hybridized carbons (Fsp3) is 0.250. The van der Waals surface area contributed by atoms with Gasteiger partial charge in [-0.1, -0.05) is 53.7 Å². The Hall–Kier alpha value is -3.78. The normalized spacial score (nSPS) is 16.3. The summed E-state index contributed by atoms with van der Waals surface area (Å²) in [6.07, 6.45) is 4.73. The summed E-state index contributed by atoms with van der Waals surface area (Å²) in [7, 11) is 1.35. The van der Waals surface area contributed by atoms with Gasteiger partial charge in [-0.25, -0.2) is 14.2 Å². The van der Waals surface area contributed by atoms with Gasteiger partial charge in [0.2, 0.25) is 0 Å². The summed E-state index contributed by atoms with van der Waals surface area (Å²) in [6, 6.07) is 20.6. The summed E-state index contributed by atoms with van der Waals surface area (Å²) in [5, 5.41) is 13.0. The molecule has 4 aromatic rings. The first-order chi connectivity index (χ1) is 15.7. The summed E-state index contributed by atoms with van der Waals surface area (Å²) in [6.45, 7) is 2.55. The topological polar surface area (TPSA) is 78.1 Å². The van der Waals surface area contributed by atoms with Crippen molar-refractivity contribution in [3.8, 4) is 16.9 Å². The number of nitrogens with zero attached hydrogens (tertiary/aromatic N) is 6. The van der Waals surface area contributed by atoms with Crippen molar-refractivity contribution in [3.63, 3.8) is 0 Å². The summed E-state index contributed by atoms with van der Waals surface area (Å²) < 4.78 is 8.46. The van der Waals surface area contributed by atoms with Crippen molar-refractivity contribution < 1.29 is 9.53 Å². The second kappa shape index (κ2) is 8.76. The van der Waals surface area contributed by atoms with Crippen LogP contribution in [-0.2, 0) is 11.3 Å². The molecule has 8 nitrogen and oxygen atoms in total. The lowest BCUT2D eigenvalue weighted by atomic mass is 10.1. The van der Waals surface area contributed by atoms with E-state index in [9.17, 15) is 4.79 Å². The van der Waals surface area contributed by atoms with E-state index in [1.165, 1.54) is 12.7 Å². The van der Waals surface area contributed by atoms with Gasteiger partial charge in [0.1, 0.15) is 0 Å². The molecule has 1 saturated heterocycles. The zero-order valence-electron chi connectivity index (χ0n) is 17.8. The van der Waals surface area contributed by atoms with E-state index in [1.807, 2.05) is 41.1 Å². The minimum Gasteiger partial charge on any atom is -0.464 e. The fourth-order valence-electron chi connectivity index (χ4n) is 4.14. The van der Waals surface area contributed by atoms with Crippen LogP contribution in [0.4, 0.5) is 0 Å². The number of benzene rings is 2. The van der Waals surface area contributed by atoms with Crippen LogP contribution in [0.25, 0.3) is 16.9 Å². The van der Waals surface area contributed by atoms with Gasteiger partial charge >= 0.3 is 5.97 Å². The molecule has 0 bridgehead atoms. The largest absolute Gasteiger partial charge is 0.464 e. The first-order valence-corrected chi connectivity index (χ1v) is 10.6. The van der Waals surface area contributed by atoms with Gasteiger partial charge in [0.05, 0.1) is 30.7 Å². The second-order valence-corrected chi connectivity index (χ2v) is 7.90. The highest BCUT2D eigenvalue weighted by molar-refractivity contribution is 5.86. The lowest BCUT2D eigenvalue weighted by molar-refractivity contribution is 0.0594. The molecule has 1 fully saturated rings. The minimum absolute atomic E-state index is 0.172. The van der Waals surface area contributed by atoms with E-state index in [0.717, 1.165) is 43.0 Å². The first-order valence-electron chi connectivity index (χ1n) is 10.6. The zero-order valence-corrected chi connectivity index (χ0v) is 17.8. The van der Waals surface area contributed by atoms with Crippen molar-refractivity contribution in [1.29, 1.82) is 0 Å². The maximum Gasteiger partial charge on any atom is 0.360 e. The van der Waals surface area contributed by atoms with E-state index in [-0.39, 0.29) is 11.7 Å². The number of rotatable bonds is 6. The molecule has 5 rings (SSSR count).